The van der Waals surface area contributed by atoms with E-state index in [-0.39, 0.29) is 25.1 Å². The quantitative estimate of drug-likeness (QED) is 0.0205. The molecule has 498 valence electrons. The number of carbonyl (C=O) groups is 2. The summed E-state index contributed by atoms with van der Waals surface area (Å²) in [4.78, 5) is 37.9. The summed E-state index contributed by atoms with van der Waals surface area (Å²) in [5.74, 6) is -0.496. The highest BCUT2D eigenvalue weighted by atomic mass is 31.2. The van der Waals surface area contributed by atoms with Crippen LogP contribution in [-0.4, -0.2) is 74.3 Å². The molecule has 9 nitrogen and oxygen atoms in total. The van der Waals surface area contributed by atoms with Crippen LogP contribution >= 0.6 is 7.82 Å². The lowest BCUT2D eigenvalue weighted by Crippen LogP contribution is -2.47. The Labute approximate surface area is 528 Å². The van der Waals surface area contributed by atoms with Crippen LogP contribution in [0.4, 0.5) is 0 Å². The molecule has 0 saturated heterocycles. The van der Waals surface area contributed by atoms with E-state index in [4.69, 9.17) is 13.8 Å². The summed E-state index contributed by atoms with van der Waals surface area (Å²) in [6.07, 6.45) is 83.8. The second-order valence-corrected chi connectivity index (χ2v) is 27.6. The van der Waals surface area contributed by atoms with Gasteiger partial charge in [-0.05, 0) is 96.0 Å². The molecule has 3 unspecified atom stereocenters. The van der Waals surface area contributed by atoms with Crippen LogP contribution < -0.4 is 5.32 Å². The molecule has 0 aromatic rings. The normalized spacial score (nSPS) is 13.8. The predicted octanol–water partition coefficient (Wildman–Crippen LogP) is 23.3. The third-order valence-corrected chi connectivity index (χ3v) is 17.4. The number of allylic oxidation sites excluding steroid dienone is 9. The molecule has 0 aromatic heterocycles. The molecule has 0 rings (SSSR count). The van der Waals surface area contributed by atoms with Crippen molar-refractivity contribution in [2.75, 3.05) is 40.9 Å². The van der Waals surface area contributed by atoms with E-state index in [0.717, 1.165) is 70.6 Å². The van der Waals surface area contributed by atoms with Crippen LogP contribution in [0.2, 0.25) is 0 Å². The van der Waals surface area contributed by atoms with Gasteiger partial charge in [0.1, 0.15) is 19.3 Å². The van der Waals surface area contributed by atoms with Gasteiger partial charge in [-0.15, -0.1) is 0 Å². The van der Waals surface area contributed by atoms with E-state index < -0.39 is 20.0 Å². The topological polar surface area (TPSA) is 111 Å². The lowest BCUT2D eigenvalue weighted by Gasteiger charge is -2.27. The number of amides is 1. The summed E-state index contributed by atoms with van der Waals surface area (Å²) in [5, 5.41) is 3.07. The smallest absolute Gasteiger partial charge is 0.456 e. The van der Waals surface area contributed by atoms with Crippen LogP contribution in [0.5, 0.6) is 0 Å². The van der Waals surface area contributed by atoms with E-state index in [0.29, 0.717) is 23.9 Å². The van der Waals surface area contributed by atoms with Gasteiger partial charge in [-0.3, -0.25) is 18.6 Å². The Morgan fingerprint density at radius 1 is 0.412 bits per heavy atom. The van der Waals surface area contributed by atoms with Crippen molar-refractivity contribution in [2.45, 2.75) is 367 Å². The molecule has 0 aliphatic heterocycles. The molecule has 0 aromatic carbocycles. The van der Waals surface area contributed by atoms with Crippen molar-refractivity contribution in [3.63, 3.8) is 0 Å². The molecule has 2 N–H and O–H groups in total. The largest absolute Gasteiger partial charge is 0.472 e. The zero-order chi connectivity index (χ0) is 62.1. The van der Waals surface area contributed by atoms with Gasteiger partial charge in [-0.25, -0.2) is 4.57 Å². The molecule has 10 heteroatoms. The first-order chi connectivity index (χ1) is 41.4. The van der Waals surface area contributed by atoms with Crippen LogP contribution in [0, 0.1) is 0 Å². The van der Waals surface area contributed by atoms with Crippen LogP contribution in [0.15, 0.2) is 60.8 Å². The van der Waals surface area contributed by atoms with Gasteiger partial charge in [-0.2, -0.15) is 0 Å². The van der Waals surface area contributed by atoms with Crippen molar-refractivity contribution >= 4 is 19.7 Å². The molecule has 0 aliphatic carbocycles. The minimum absolute atomic E-state index is 0.0397. The summed E-state index contributed by atoms with van der Waals surface area (Å²) in [5.41, 5.74) is 0. The average molecular weight is 1210 g/mol. The number of nitrogens with one attached hydrogen (secondary N) is 1. The number of hydrogen-bond acceptors (Lipinski definition) is 6. The standard InChI is InChI=1S/C75H141N2O7P/c1-7-10-13-16-19-22-25-27-29-31-33-35-37-38-40-42-44-46-48-50-53-56-59-62-65-68-75(79)84-73(66-63-60-57-54-51-24-21-18-15-12-9-3)72(71-83-85(80,81)82-70-69-77(4,5)6)76-74(78)67-64-61-58-55-52-49-47-45-43-41-39-36-34-32-30-28-26-23-20-17-14-11-8-2/h20,23,27-30,34,36,63,66,72-73H,7-19,21-22,24-26,31-33,35,37-62,64-65,67-71H2,1-6H3,(H-,76,78,80,81)/p+1/b23-20-,29-27+,30-28-,36-34-,66-63+. The maximum absolute atomic E-state index is 13.6. The van der Waals surface area contributed by atoms with E-state index in [2.05, 4.69) is 74.7 Å². The monoisotopic (exact) mass is 1210 g/mol. The molecule has 85 heavy (non-hydrogen) atoms. The van der Waals surface area contributed by atoms with Crippen molar-refractivity contribution in [3.05, 3.63) is 60.8 Å². The first-order valence-electron chi connectivity index (χ1n) is 36.6. The number of rotatable bonds is 67. The van der Waals surface area contributed by atoms with Crippen molar-refractivity contribution in [3.8, 4) is 0 Å². The number of phosphoric acid groups is 1. The van der Waals surface area contributed by atoms with Gasteiger partial charge in [0.05, 0.1) is 33.8 Å². The van der Waals surface area contributed by atoms with Gasteiger partial charge in [0.15, 0.2) is 0 Å². The molecule has 0 heterocycles. The number of likely N-dealkylation sites (N-methyl/N-ethyl adjacent to an activating group) is 1. The number of quaternary nitrogens is 1. The first-order valence-corrected chi connectivity index (χ1v) is 38.1. The van der Waals surface area contributed by atoms with Gasteiger partial charge in [0.2, 0.25) is 5.91 Å². The summed E-state index contributed by atoms with van der Waals surface area (Å²) in [7, 11) is 1.50. The lowest BCUT2D eigenvalue weighted by atomic mass is 10.0. The number of nitrogens with zero attached hydrogens (tertiary/aromatic N) is 1. The summed E-state index contributed by atoms with van der Waals surface area (Å²) in [6.45, 7) is 7.02. The fourth-order valence-electron chi connectivity index (χ4n) is 10.8. The molecule has 0 bridgehead atoms. The maximum Gasteiger partial charge on any atom is 0.472 e. The van der Waals surface area contributed by atoms with Crippen LogP contribution in [0.3, 0.4) is 0 Å². The number of ether oxygens (including phenoxy) is 1. The molecular weight excluding hydrogens is 1070 g/mol. The highest BCUT2D eigenvalue weighted by Gasteiger charge is 2.30. The van der Waals surface area contributed by atoms with E-state index in [1.54, 1.807) is 0 Å². The van der Waals surface area contributed by atoms with E-state index in [1.807, 2.05) is 33.3 Å². The molecule has 0 spiro atoms. The van der Waals surface area contributed by atoms with Crippen LogP contribution in [0.25, 0.3) is 0 Å². The summed E-state index contributed by atoms with van der Waals surface area (Å²) >= 11 is 0. The molecule has 0 fully saturated rings. The van der Waals surface area contributed by atoms with E-state index in [1.165, 1.54) is 250 Å². The highest BCUT2D eigenvalue weighted by molar-refractivity contribution is 7.47. The zero-order valence-electron chi connectivity index (χ0n) is 57.1. The van der Waals surface area contributed by atoms with Gasteiger partial charge >= 0.3 is 13.8 Å². The number of esters is 1. The molecule has 1 amide bonds. The number of hydrogen-bond donors (Lipinski definition) is 2. The van der Waals surface area contributed by atoms with Crippen molar-refractivity contribution in [1.82, 2.24) is 5.32 Å². The van der Waals surface area contributed by atoms with Gasteiger partial charge < -0.3 is 19.4 Å². The van der Waals surface area contributed by atoms with E-state index in [9.17, 15) is 19.0 Å². The molecule has 0 aliphatic rings. The molecule has 0 radical (unpaired) electrons. The number of phosphoric ester groups is 1. The Morgan fingerprint density at radius 3 is 1.11 bits per heavy atom. The fourth-order valence-corrected chi connectivity index (χ4v) is 11.5. The zero-order valence-corrected chi connectivity index (χ0v) is 58.0. The van der Waals surface area contributed by atoms with Gasteiger partial charge in [0, 0.05) is 12.8 Å². The Hall–Kier alpha value is -2.29. The second-order valence-electron chi connectivity index (χ2n) is 26.1. The third kappa shape index (κ3) is 66.0. The summed E-state index contributed by atoms with van der Waals surface area (Å²) in [6, 6.07) is -0.851. The predicted molar refractivity (Wildman–Crippen MR) is 369 cm³/mol. The van der Waals surface area contributed by atoms with Crippen molar-refractivity contribution in [1.29, 1.82) is 0 Å². The first kappa shape index (κ1) is 82.7. The highest BCUT2D eigenvalue weighted by Crippen LogP contribution is 2.43. The lowest BCUT2D eigenvalue weighted by molar-refractivity contribution is -0.870. The second kappa shape index (κ2) is 64.7. The van der Waals surface area contributed by atoms with Gasteiger partial charge in [0.25, 0.3) is 0 Å². The summed E-state index contributed by atoms with van der Waals surface area (Å²) < 4.78 is 30.8. The minimum atomic E-state index is -4.45. The molecule has 0 saturated carbocycles. The minimum Gasteiger partial charge on any atom is -0.456 e. The van der Waals surface area contributed by atoms with Gasteiger partial charge in [-0.1, -0.05) is 307 Å². The molecular formula is C75H142N2O7P+. The Bertz CT molecular complexity index is 1640. The maximum atomic E-state index is 13.6. The number of unbranched alkanes of at least 4 members (excludes halogenated alkanes) is 43. The van der Waals surface area contributed by atoms with Crippen molar-refractivity contribution < 1.29 is 37.3 Å². The van der Waals surface area contributed by atoms with Crippen LogP contribution in [-0.2, 0) is 27.9 Å². The van der Waals surface area contributed by atoms with Crippen LogP contribution in [0.1, 0.15) is 355 Å². The Balaban J connectivity index is 4.98. The fraction of sp³-hybridized carbons (Fsp3) is 0.840. The van der Waals surface area contributed by atoms with Crippen molar-refractivity contribution in [2.24, 2.45) is 0 Å². The third-order valence-electron chi connectivity index (χ3n) is 16.4. The Morgan fingerprint density at radius 2 is 0.718 bits per heavy atom. The Kier molecular flexibility index (Phi) is 62.9. The van der Waals surface area contributed by atoms with E-state index >= 15 is 0 Å². The SMILES string of the molecule is CCCCC/C=C\C/C=C\C/C=C\CCCCCCCCCCCCC(=O)NC(COP(=O)(O)OCC[N+](C)(C)C)C(/C=C/CCCCCCCCCCC)OC(=O)CCCCCCCCCCCCCCCCC/C=C/CCCCCCCC. The average Bonchev–Trinajstić information content (AvgIpc) is 3.62. The molecule has 3 atom stereocenters. The number of carbonyl (C=O) groups excluding carboxylic acids is 2.